The summed E-state index contributed by atoms with van der Waals surface area (Å²) >= 11 is 5.68. The quantitative estimate of drug-likeness (QED) is 0.858. The highest BCUT2D eigenvalue weighted by Gasteiger charge is 2.23. The normalized spacial score (nSPS) is 15.9. The number of hydrogen-bond donors (Lipinski definition) is 0. The number of benzene rings is 1. The summed E-state index contributed by atoms with van der Waals surface area (Å²) in [6.45, 7) is 3.23. The predicted molar refractivity (Wildman–Crippen MR) is 74.0 cm³/mol. The maximum absolute atomic E-state index is 13.7. The number of piperazine rings is 1. The number of carbonyl (C=O) groups is 1. The maximum atomic E-state index is 13.7. The number of hydrogen-bond acceptors (Lipinski definition) is 3. The van der Waals surface area contributed by atoms with Gasteiger partial charge in [0.1, 0.15) is 5.82 Å². The molecule has 2 rings (SSSR count). The molecule has 0 unspecified atom stereocenters. The summed E-state index contributed by atoms with van der Waals surface area (Å²) in [5.74, 6) is -0.895. The molecule has 0 spiro atoms. The molecule has 1 amide bonds. The Labute approximate surface area is 122 Å². The topological polar surface area (TPSA) is 47.3 Å². The first-order valence-electron chi connectivity index (χ1n) is 6.45. The Kier molecular flexibility index (Phi) is 4.94. The molecule has 0 atom stereocenters. The van der Waals surface area contributed by atoms with E-state index >= 15 is 0 Å². The molecule has 20 heavy (non-hydrogen) atoms. The highest BCUT2D eigenvalue weighted by molar-refractivity contribution is 6.30. The zero-order chi connectivity index (χ0) is 14.5. The van der Waals surface area contributed by atoms with Crippen LogP contribution < -0.4 is 0 Å². The molecule has 106 valence electrons. The van der Waals surface area contributed by atoms with E-state index < -0.39 is 5.82 Å². The lowest BCUT2D eigenvalue weighted by Gasteiger charge is -2.34. The maximum Gasteiger partial charge on any atom is 0.256 e. The van der Waals surface area contributed by atoms with Gasteiger partial charge in [-0.1, -0.05) is 11.6 Å². The van der Waals surface area contributed by atoms with Gasteiger partial charge >= 0.3 is 0 Å². The number of rotatable bonds is 3. The largest absolute Gasteiger partial charge is 0.336 e. The van der Waals surface area contributed by atoms with Gasteiger partial charge < -0.3 is 4.90 Å². The summed E-state index contributed by atoms with van der Waals surface area (Å²) < 4.78 is 13.7. The fourth-order valence-corrected chi connectivity index (χ4v) is 2.37. The average Bonchev–Trinajstić information content (AvgIpc) is 2.45. The molecule has 0 saturated carbocycles. The molecular weight excluding hydrogens is 281 g/mol. The van der Waals surface area contributed by atoms with Gasteiger partial charge in [0, 0.05) is 44.2 Å². The second kappa shape index (κ2) is 6.69. The predicted octanol–water partition coefficient (Wildman–Crippen LogP) is 2.15. The third kappa shape index (κ3) is 3.47. The summed E-state index contributed by atoms with van der Waals surface area (Å²) in [4.78, 5) is 16.0. The Morgan fingerprint density at radius 1 is 1.35 bits per heavy atom. The second-order valence-electron chi connectivity index (χ2n) is 4.67. The molecule has 1 heterocycles. The fourth-order valence-electron chi connectivity index (χ4n) is 2.22. The first kappa shape index (κ1) is 14.8. The molecule has 1 aliphatic rings. The van der Waals surface area contributed by atoms with Gasteiger partial charge in [0.25, 0.3) is 5.91 Å². The number of carbonyl (C=O) groups excluding carboxylic acids is 1. The van der Waals surface area contributed by atoms with Gasteiger partial charge in [0.15, 0.2) is 0 Å². The summed E-state index contributed by atoms with van der Waals surface area (Å²) in [5, 5.41) is 8.82. The van der Waals surface area contributed by atoms with Gasteiger partial charge in [-0.05, 0) is 18.2 Å². The van der Waals surface area contributed by atoms with Crippen LogP contribution in [-0.4, -0.2) is 48.4 Å². The van der Waals surface area contributed by atoms with Gasteiger partial charge in [-0.3, -0.25) is 9.69 Å². The highest BCUT2D eigenvalue weighted by Crippen LogP contribution is 2.17. The van der Waals surface area contributed by atoms with Crippen LogP contribution in [0.25, 0.3) is 0 Å². The number of nitriles is 1. The van der Waals surface area contributed by atoms with E-state index in [4.69, 9.17) is 16.9 Å². The van der Waals surface area contributed by atoms with E-state index in [0.717, 1.165) is 6.07 Å². The zero-order valence-corrected chi connectivity index (χ0v) is 11.7. The van der Waals surface area contributed by atoms with Crippen LogP contribution in [0.4, 0.5) is 4.39 Å². The molecule has 1 fully saturated rings. The van der Waals surface area contributed by atoms with E-state index in [1.54, 1.807) is 4.90 Å². The van der Waals surface area contributed by atoms with Crippen LogP contribution in [-0.2, 0) is 0 Å². The van der Waals surface area contributed by atoms with Crippen LogP contribution >= 0.6 is 11.6 Å². The standard InChI is InChI=1S/C14H15ClFN3O/c15-11-2-3-12(13(16)10-11)14(20)19-8-6-18(7-9-19)5-1-4-17/h2-3,10H,1,5-9H2. The van der Waals surface area contributed by atoms with Crippen LogP contribution in [0.3, 0.4) is 0 Å². The summed E-state index contributed by atoms with van der Waals surface area (Å²) in [7, 11) is 0. The minimum Gasteiger partial charge on any atom is -0.336 e. The Balaban J connectivity index is 1.96. The van der Waals surface area contributed by atoms with E-state index in [0.29, 0.717) is 39.1 Å². The summed E-state index contributed by atoms with van der Waals surface area (Å²) in [6, 6.07) is 6.19. The molecular formula is C14H15ClFN3O. The van der Waals surface area contributed by atoms with E-state index in [1.807, 2.05) is 0 Å². The monoisotopic (exact) mass is 295 g/mol. The van der Waals surface area contributed by atoms with E-state index in [9.17, 15) is 9.18 Å². The van der Waals surface area contributed by atoms with Crippen molar-refractivity contribution in [2.45, 2.75) is 6.42 Å². The van der Waals surface area contributed by atoms with Crippen LogP contribution in [0.15, 0.2) is 18.2 Å². The molecule has 0 aliphatic carbocycles. The van der Waals surface area contributed by atoms with Crippen molar-refractivity contribution in [2.24, 2.45) is 0 Å². The molecule has 4 nitrogen and oxygen atoms in total. The number of nitrogens with zero attached hydrogens (tertiary/aromatic N) is 3. The van der Waals surface area contributed by atoms with Crippen molar-refractivity contribution < 1.29 is 9.18 Å². The van der Waals surface area contributed by atoms with Crippen molar-refractivity contribution in [1.29, 1.82) is 5.26 Å². The van der Waals surface area contributed by atoms with Crippen molar-refractivity contribution in [3.05, 3.63) is 34.6 Å². The molecule has 1 saturated heterocycles. The van der Waals surface area contributed by atoms with Crippen molar-refractivity contribution in [1.82, 2.24) is 9.80 Å². The van der Waals surface area contributed by atoms with Crippen molar-refractivity contribution in [3.8, 4) is 6.07 Å². The van der Waals surface area contributed by atoms with Gasteiger partial charge in [-0.15, -0.1) is 0 Å². The minimum atomic E-state index is -0.589. The van der Waals surface area contributed by atoms with E-state index in [1.165, 1.54) is 12.1 Å². The van der Waals surface area contributed by atoms with Crippen LogP contribution in [0.1, 0.15) is 16.8 Å². The summed E-state index contributed by atoms with van der Waals surface area (Å²) in [5.41, 5.74) is 0.0554. The first-order valence-corrected chi connectivity index (χ1v) is 6.83. The molecule has 6 heteroatoms. The minimum absolute atomic E-state index is 0.0554. The number of amides is 1. The smallest absolute Gasteiger partial charge is 0.256 e. The van der Waals surface area contributed by atoms with E-state index in [-0.39, 0.29) is 16.5 Å². The lowest BCUT2D eigenvalue weighted by atomic mass is 10.1. The fraction of sp³-hybridized carbons (Fsp3) is 0.429. The first-order chi connectivity index (χ1) is 9.61. The van der Waals surface area contributed by atoms with Crippen molar-refractivity contribution in [2.75, 3.05) is 32.7 Å². The molecule has 1 aromatic carbocycles. The van der Waals surface area contributed by atoms with Gasteiger partial charge in [0.2, 0.25) is 0 Å². The Morgan fingerprint density at radius 3 is 2.65 bits per heavy atom. The molecule has 1 aromatic rings. The van der Waals surface area contributed by atoms with E-state index in [2.05, 4.69) is 11.0 Å². The third-order valence-corrected chi connectivity index (χ3v) is 3.60. The molecule has 0 N–H and O–H groups in total. The Hall–Kier alpha value is -1.64. The Morgan fingerprint density at radius 2 is 2.05 bits per heavy atom. The third-order valence-electron chi connectivity index (χ3n) is 3.36. The highest BCUT2D eigenvalue weighted by atomic mass is 35.5. The molecule has 0 aromatic heterocycles. The Bertz CT molecular complexity index is 536. The van der Waals surface area contributed by atoms with Gasteiger partial charge in [-0.25, -0.2) is 4.39 Å². The second-order valence-corrected chi connectivity index (χ2v) is 5.10. The lowest BCUT2D eigenvalue weighted by Crippen LogP contribution is -2.48. The molecule has 0 radical (unpaired) electrons. The van der Waals surface area contributed by atoms with Crippen molar-refractivity contribution in [3.63, 3.8) is 0 Å². The molecule has 0 bridgehead atoms. The van der Waals surface area contributed by atoms with Crippen LogP contribution in [0, 0.1) is 17.1 Å². The van der Waals surface area contributed by atoms with Crippen LogP contribution in [0.5, 0.6) is 0 Å². The van der Waals surface area contributed by atoms with Crippen LogP contribution in [0.2, 0.25) is 5.02 Å². The van der Waals surface area contributed by atoms with Crippen molar-refractivity contribution >= 4 is 17.5 Å². The SMILES string of the molecule is N#CCCN1CCN(C(=O)c2ccc(Cl)cc2F)CC1. The van der Waals surface area contributed by atoms with Gasteiger partial charge in [-0.2, -0.15) is 5.26 Å². The zero-order valence-electron chi connectivity index (χ0n) is 11.0. The average molecular weight is 296 g/mol. The molecule has 1 aliphatic heterocycles. The lowest BCUT2D eigenvalue weighted by molar-refractivity contribution is 0.0635. The van der Waals surface area contributed by atoms with Gasteiger partial charge in [0.05, 0.1) is 11.6 Å². The number of halogens is 2. The summed E-state index contributed by atoms with van der Waals surface area (Å²) in [6.07, 6.45) is 0.486.